The summed E-state index contributed by atoms with van der Waals surface area (Å²) in [5.41, 5.74) is 1.03. The smallest absolute Gasteiger partial charge is 0.211 e. The number of hydrogen-bond donors (Lipinski definition) is 0. The molecule has 0 spiro atoms. The van der Waals surface area contributed by atoms with Gasteiger partial charge in [-0.3, -0.25) is 4.79 Å². The molecule has 2 unspecified atom stereocenters. The van der Waals surface area contributed by atoms with Crippen LogP contribution in [0.4, 0.5) is 0 Å². The molecule has 1 heterocycles. The van der Waals surface area contributed by atoms with E-state index in [1.165, 1.54) is 10.6 Å². The molecule has 0 N–H and O–H groups in total. The fourth-order valence-electron chi connectivity index (χ4n) is 2.88. The van der Waals surface area contributed by atoms with Crippen LogP contribution in [0.15, 0.2) is 30.3 Å². The van der Waals surface area contributed by atoms with Crippen LogP contribution in [-0.2, 0) is 14.8 Å². The average Bonchev–Trinajstić information content (AvgIpc) is 2.47. The van der Waals surface area contributed by atoms with Crippen LogP contribution in [0.5, 0.6) is 0 Å². The molecule has 0 aromatic heterocycles. The normalized spacial score (nSPS) is 21.9. The summed E-state index contributed by atoms with van der Waals surface area (Å²) in [6.07, 6.45) is 3.47. The van der Waals surface area contributed by atoms with Crippen LogP contribution in [0.3, 0.4) is 0 Å². The highest BCUT2D eigenvalue weighted by molar-refractivity contribution is 7.88. The second kappa shape index (κ2) is 6.71. The molecule has 4 nitrogen and oxygen atoms in total. The molecule has 2 atom stereocenters. The molecule has 116 valence electrons. The Labute approximate surface area is 127 Å². The van der Waals surface area contributed by atoms with Crippen molar-refractivity contribution >= 4 is 15.8 Å². The zero-order valence-corrected chi connectivity index (χ0v) is 13.5. The fraction of sp³-hybridized carbons (Fsp3) is 0.562. The van der Waals surface area contributed by atoms with Gasteiger partial charge in [-0.05, 0) is 24.3 Å². The molecule has 21 heavy (non-hydrogen) atoms. The summed E-state index contributed by atoms with van der Waals surface area (Å²) >= 11 is 0. The minimum atomic E-state index is -3.14. The van der Waals surface area contributed by atoms with Gasteiger partial charge in [0.25, 0.3) is 0 Å². The highest BCUT2D eigenvalue weighted by Gasteiger charge is 2.28. The highest BCUT2D eigenvalue weighted by atomic mass is 32.2. The quantitative estimate of drug-likeness (QED) is 0.839. The Morgan fingerprint density at radius 1 is 1.33 bits per heavy atom. The van der Waals surface area contributed by atoms with Gasteiger partial charge in [-0.1, -0.05) is 37.3 Å². The number of nitrogens with zero attached hydrogens (tertiary/aromatic N) is 1. The number of benzene rings is 1. The minimum absolute atomic E-state index is 0.125. The van der Waals surface area contributed by atoms with Crippen LogP contribution in [0, 0.1) is 5.92 Å². The molecule has 2 rings (SSSR count). The van der Waals surface area contributed by atoms with Gasteiger partial charge in [-0.15, -0.1) is 0 Å². The largest absolute Gasteiger partial charge is 0.299 e. The van der Waals surface area contributed by atoms with Crippen molar-refractivity contribution in [2.24, 2.45) is 5.92 Å². The lowest BCUT2D eigenvalue weighted by Crippen LogP contribution is -2.40. The number of piperidine rings is 1. The van der Waals surface area contributed by atoms with E-state index in [0.29, 0.717) is 19.5 Å². The number of carbonyl (C=O) groups is 1. The van der Waals surface area contributed by atoms with E-state index in [4.69, 9.17) is 0 Å². The van der Waals surface area contributed by atoms with Crippen LogP contribution < -0.4 is 0 Å². The fourth-order valence-corrected chi connectivity index (χ4v) is 3.83. The number of rotatable bonds is 5. The van der Waals surface area contributed by atoms with Gasteiger partial charge >= 0.3 is 0 Å². The lowest BCUT2D eigenvalue weighted by Gasteiger charge is -2.31. The first-order valence-electron chi connectivity index (χ1n) is 7.40. The first-order valence-corrected chi connectivity index (χ1v) is 9.25. The van der Waals surface area contributed by atoms with Crippen LogP contribution in [-0.4, -0.2) is 37.9 Å². The lowest BCUT2D eigenvalue weighted by molar-refractivity contribution is -0.121. The molecule has 0 aliphatic carbocycles. The van der Waals surface area contributed by atoms with Crippen LogP contribution in [0.2, 0.25) is 0 Å². The monoisotopic (exact) mass is 309 g/mol. The van der Waals surface area contributed by atoms with E-state index in [1.807, 2.05) is 37.3 Å². The van der Waals surface area contributed by atoms with E-state index >= 15 is 0 Å². The third-order valence-electron chi connectivity index (χ3n) is 4.22. The van der Waals surface area contributed by atoms with E-state index in [-0.39, 0.29) is 17.6 Å². The first-order chi connectivity index (χ1) is 9.88. The zero-order chi connectivity index (χ0) is 15.5. The van der Waals surface area contributed by atoms with Crippen molar-refractivity contribution in [3.8, 4) is 0 Å². The van der Waals surface area contributed by atoms with Crippen molar-refractivity contribution in [3.05, 3.63) is 35.9 Å². The molecule has 5 heteroatoms. The van der Waals surface area contributed by atoms with Crippen molar-refractivity contribution in [1.82, 2.24) is 4.31 Å². The summed E-state index contributed by atoms with van der Waals surface area (Å²) < 4.78 is 24.7. The standard InChI is InChI=1S/C16H23NO3S/c1-13(15-8-4-3-5-9-15)16(18)11-14-7-6-10-17(12-14)21(2,19)20/h3-5,8-9,13-14H,6-7,10-12H2,1-2H3. The average molecular weight is 309 g/mol. The molecule has 0 saturated carbocycles. The van der Waals surface area contributed by atoms with Crippen molar-refractivity contribution in [2.45, 2.75) is 32.1 Å². The van der Waals surface area contributed by atoms with E-state index < -0.39 is 10.0 Å². The predicted molar refractivity (Wildman–Crippen MR) is 83.6 cm³/mol. The van der Waals surface area contributed by atoms with Crippen LogP contribution in [0.1, 0.15) is 37.7 Å². The van der Waals surface area contributed by atoms with Crippen LogP contribution >= 0.6 is 0 Å². The maximum atomic E-state index is 12.4. The number of sulfonamides is 1. The number of hydrogen-bond acceptors (Lipinski definition) is 3. The van der Waals surface area contributed by atoms with Crippen molar-refractivity contribution in [2.75, 3.05) is 19.3 Å². The van der Waals surface area contributed by atoms with Gasteiger partial charge in [0, 0.05) is 25.4 Å². The lowest BCUT2D eigenvalue weighted by atomic mass is 9.87. The Morgan fingerprint density at radius 3 is 2.62 bits per heavy atom. The molecule has 0 amide bonds. The van der Waals surface area contributed by atoms with E-state index in [2.05, 4.69) is 0 Å². The Kier molecular flexibility index (Phi) is 5.17. The Hall–Kier alpha value is -1.20. The van der Waals surface area contributed by atoms with Gasteiger partial charge < -0.3 is 0 Å². The molecule has 1 aromatic rings. The Balaban J connectivity index is 1.96. The van der Waals surface area contributed by atoms with Gasteiger partial charge in [-0.25, -0.2) is 12.7 Å². The first kappa shape index (κ1) is 16.2. The summed E-state index contributed by atoms with van der Waals surface area (Å²) in [7, 11) is -3.14. The SMILES string of the molecule is CC(C(=O)CC1CCCN(S(C)(=O)=O)C1)c1ccccc1. The molecule has 1 fully saturated rings. The van der Waals surface area contributed by atoms with Crippen LogP contribution in [0.25, 0.3) is 0 Å². The second-order valence-electron chi connectivity index (χ2n) is 5.93. The van der Waals surface area contributed by atoms with Crippen molar-refractivity contribution in [3.63, 3.8) is 0 Å². The molecule has 1 aliphatic rings. The van der Waals surface area contributed by atoms with Gasteiger partial charge in [0.1, 0.15) is 5.78 Å². The number of Topliss-reactive ketones (excluding diaryl/α,β-unsaturated/α-hetero) is 1. The second-order valence-corrected chi connectivity index (χ2v) is 7.91. The highest BCUT2D eigenvalue weighted by Crippen LogP contribution is 2.25. The van der Waals surface area contributed by atoms with Gasteiger partial charge in [0.15, 0.2) is 0 Å². The van der Waals surface area contributed by atoms with Gasteiger partial charge in [-0.2, -0.15) is 0 Å². The Morgan fingerprint density at radius 2 is 2.00 bits per heavy atom. The number of carbonyl (C=O) groups excluding carboxylic acids is 1. The molecule has 1 aromatic carbocycles. The predicted octanol–water partition coefficient (Wildman–Crippen LogP) is 2.42. The minimum Gasteiger partial charge on any atom is -0.299 e. The molecule has 1 aliphatic heterocycles. The van der Waals surface area contributed by atoms with Gasteiger partial charge in [0.05, 0.1) is 6.26 Å². The molecular weight excluding hydrogens is 286 g/mol. The molecular formula is C16H23NO3S. The van der Waals surface area contributed by atoms with Crippen molar-refractivity contribution < 1.29 is 13.2 Å². The molecule has 0 bridgehead atoms. The summed E-state index contributed by atoms with van der Waals surface area (Å²) in [6, 6.07) is 9.74. The summed E-state index contributed by atoms with van der Waals surface area (Å²) in [5, 5.41) is 0. The van der Waals surface area contributed by atoms with Crippen molar-refractivity contribution in [1.29, 1.82) is 0 Å². The van der Waals surface area contributed by atoms with E-state index in [1.54, 1.807) is 0 Å². The van der Waals surface area contributed by atoms with E-state index in [9.17, 15) is 13.2 Å². The summed E-state index contributed by atoms with van der Waals surface area (Å²) in [5.74, 6) is 0.216. The number of ketones is 1. The molecule has 1 saturated heterocycles. The zero-order valence-electron chi connectivity index (χ0n) is 12.7. The maximum absolute atomic E-state index is 12.4. The third kappa shape index (κ3) is 4.38. The maximum Gasteiger partial charge on any atom is 0.211 e. The summed E-state index contributed by atoms with van der Waals surface area (Å²) in [4.78, 5) is 12.4. The third-order valence-corrected chi connectivity index (χ3v) is 5.49. The van der Waals surface area contributed by atoms with Gasteiger partial charge in [0.2, 0.25) is 10.0 Å². The van der Waals surface area contributed by atoms with E-state index in [0.717, 1.165) is 18.4 Å². The summed E-state index contributed by atoms with van der Waals surface area (Å²) in [6.45, 7) is 2.98. The molecule has 0 radical (unpaired) electrons. The topological polar surface area (TPSA) is 54.5 Å². The Bertz CT molecular complexity index is 583.